The molecule has 0 saturated heterocycles. The van der Waals surface area contributed by atoms with E-state index in [2.05, 4.69) is 44.3 Å². The van der Waals surface area contributed by atoms with E-state index >= 15 is 0 Å². The lowest BCUT2D eigenvalue weighted by molar-refractivity contribution is -0.127. The molecule has 0 heterocycles. The van der Waals surface area contributed by atoms with Gasteiger partial charge in [-0.2, -0.15) is 0 Å². The number of carbonyl (C=O) groups excluding carboxylic acids is 1. The first-order valence-electron chi connectivity index (χ1n) is 8.81. The second-order valence-electron chi connectivity index (χ2n) is 7.05. The van der Waals surface area contributed by atoms with E-state index in [1.165, 1.54) is 22.3 Å². The smallest absolute Gasteiger partial charge is 0.261 e. The molecule has 0 radical (unpaired) electrons. The van der Waals surface area contributed by atoms with Crippen LogP contribution in [0.5, 0.6) is 5.75 Å². The summed E-state index contributed by atoms with van der Waals surface area (Å²) in [7, 11) is 0. The molecule has 0 aromatic heterocycles. The lowest BCUT2D eigenvalue weighted by Gasteiger charge is -2.22. The summed E-state index contributed by atoms with van der Waals surface area (Å²) in [4.78, 5) is 12.5. The van der Waals surface area contributed by atoms with Crippen molar-refractivity contribution < 1.29 is 9.53 Å². The van der Waals surface area contributed by atoms with Gasteiger partial charge in [0, 0.05) is 0 Å². The summed E-state index contributed by atoms with van der Waals surface area (Å²) in [6, 6.07) is 10.2. The van der Waals surface area contributed by atoms with Crippen LogP contribution < -0.4 is 10.1 Å². The van der Waals surface area contributed by atoms with Crippen molar-refractivity contribution in [1.82, 2.24) is 5.32 Å². The molecule has 0 fully saturated rings. The van der Waals surface area contributed by atoms with Gasteiger partial charge in [0.2, 0.25) is 0 Å². The van der Waals surface area contributed by atoms with Crippen molar-refractivity contribution in [2.45, 2.75) is 60.6 Å². The Morgan fingerprint density at radius 2 is 1.52 bits per heavy atom. The van der Waals surface area contributed by atoms with Crippen molar-refractivity contribution in [3.63, 3.8) is 0 Å². The molecule has 25 heavy (non-hydrogen) atoms. The van der Waals surface area contributed by atoms with E-state index in [1.807, 2.05) is 32.9 Å². The van der Waals surface area contributed by atoms with E-state index < -0.39 is 6.10 Å². The highest BCUT2D eigenvalue weighted by molar-refractivity contribution is 5.81. The molecule has 0 unspecified atom stereocenters. The van der Waals surface area contributed by atoms with Crippen LogP contribution >= 0.6 is 0 Å². The van der Waals surface area contributed by atoms with Crippen LogP contribution in [0.3, 0.4) is 0 Å². The zero-order valence-corrected chi connectivity index (χ0v) is 16.4. The molecule has 0 spiro atoms. The molecule has 1 N–H and O–H groups in total. The van der Waals surface area contributed by atoms with Gasteiger partial charge in [-0.1, -0.05) is 29.8 Å². The maximum atomic E-state index is 12.5. The van der Waals surface area contributed by atoms with Crippen molar-refractivity contribution >= 4 is 5.91 Å². The van der Waals surface area contributed by atoms with Crippen molar-refractivity contribution in [2.24, 2.45) is 0 Å². The maximum Gasteiger partial charge on any atom is 0.261 e. The van der Waals surface area contributed by atoms with E-state index in [0.717, 1.165) is 16.9 Å². The third-order valence-electron chi connectivity index (χ3n) is 4.71. The molecule has 0 saturated carbocycles. The first kappa shape index (κ1) is 19.0. The number of hydrogen-bond acceptors (Lipinski definition) is 2. The molecule has 0 aliphatic heterocycles. The number of benzene rings is 2. The third-order valence-corrected chi connectivity index (χ3v) is 4.71. The van der Waals surface area contributed by atoms with Gasteiger partial charge in [0.15, 0.2) is 6.10 Å². The topological polar surface area (TPSA) is 38.3 Å². The van der Waals surface area contributed by atoms with Crippen LogP contribution in [0.1, 0.15) is 53.3 Å². The number of ether oxygens (including phenoxy) is 1. The SMILES string of the molecule is Cc1ccc(O[C@@H](C)C(=O)N[C@@H](C)c2cc(C)c(C)cc2C)c(C)c1. The molecule has 0 aliphatic carbocycles. The zero-order chi connectivity index (χ0) is 18.7. The Hall–Kier alpha value is -2.29. The fourth-order valence-corrected chi connectivity index (χ4v) is 3.03. The predicted molar refractivity (Wildman–Crippen MR) is 103 cm³/mol. The first-order valence-corrected chi connectivity index (χ1v) is 8.81. The molecule has 2 aromatic rings. The Morgan fingerprint density at radius 3 is 2.16 bits per heavy atom. The van der Waals surface area contributed by atoms with Crippen LogP contribution in [0.15, 0.2) is 30.3 Å². The Kier molecular flexibility index (Phi) is 5.89. The molecule has 3 nitrogen and oxygen atoms in total. The Bertz CT molecular complexity index is 780. The average molecular weight is 339 g/mol. The number of carbonyl (C=O) groups is 1. The minimum atomic E-state index is -0.546. The monoisotopic (exact) mass is 339 g/mol. The molecule has 1 amide bonds. The minimum Gasteiger partial charge on any atom is -0.481 e. The Balaban J connectivity index is 2.06. The van der Waals surface area contributed by atoms with Gasteiger partial charge < -0.3 is 10.1 Å². The van der Waals surface area contributed by atoms with E-state index in [9.17, 15) is 4.79 Å². The fourth-order valence-electron chi connectivity index (χ4n) is 3.03. The summed E-state index contributed by atoms with van der Waals surface area (Å²) in [5.74, 6) is 0.647. The van der Waals surface area contributed by atoms with E-state index in [4.69, 9.17) is 4.74 Å². The van der Waals surface area contributed by atoms with Crippen molar-refractivity contribution in [2.75, 3.05) is 0 Å². The fraction of sp³-hybridized carbons (Fsp3) is 0.409. The lowest BCUT2D eigenvalue weighted by atomic mass is 9.96. The molecule has 0 aliphatic rings. The number of amides is 1. The van der Waals surface area contributed by atoms with Gasteiger partial charge in [0.05, 0.1) is 6.04 Å². The zero-order valence-electron chi connectivity index (χ0n) is 16.4. The van der Waals surface area contributed by atoms with Crippen molar-refractivity contribution in [3.8, 4) is 5.75 Å². The first-order chi connectivity index (χ1) is 11.7. The highest BCUT2D eigenvalue weighted by Gasteiger charge is 2.19. The Morgan fingerprint density at radius 1 is 0.880 bits per heavy atom. The van der Waals surface area contributed by atoms with Gasteiger partial charge in [0.1, 0.15) is 5.75 Å². The van der Waals surface area contributed by atoms with Gasteiger partial charge >= 0.3 is 0 Å². The second-order valence-corrected chi connectivity index (χ2v) is 7.05. The summed E-state index contributed by atoms with van der Waals surface area (Å²) in [6.45, 7) is 14.1. The van der Waals surface area contributed by atoms with Gasteiger partial charge in [-0.3, -0.25) is 4.79 Å². The highest BCUT2D eigenvalue weighted by Crippen LogP contribution is 2.23. The van der Waals surface area contributed by atoms with Crippen molar-refractivity contribution in [1.29, 1.82) is 0 Å². The van der Waals surface area contributed by atoms with Gasteiger partial charge in [-0.25, -0.2) is 0 Å². The van der Waals surface area contributed by atoms with E-state index in [1.54, 1.807) is 6.92 Å². The molecular formula is C22H29NO2. The summed E-state index contributed by atoms with van der Waals surface area (Å²) < 4.78 is 5.86. The van der Waals surface area contributed by atoms with Crippen LogP contribution in [0.2, 0.25) is 0 Å². The quantitative estimate of drug-likeness (QED) is 0.843. The molecule has 2 aromatic carbocycles. The summed E-state index contributed by atoms with van der Waals surface area (Å²) in [5, 5.41) is 3.07. The lowest BCUT2D eigenvalue weighted by Crippen LogP contribution is -2.38. The van der Waals surface area contributed by atoms with Crippen LogP contribution in [0.4, 0.5) is 0 Å². The number of aryl methyl sites for hydroxylation is 5. The molecule has 134 valence electrons. The van der Waals surface area contributed by atoms with Gasteiger partial charge in [-0.15, -0.1) is 0 Å². The molecule has 2 rings (SSSR count). The molecule has 2 atom stereocenters. The number of rotatable bonds is 5. The molecular weight excluding hydrogens is 310 g/mol. The number of hydrogen-bond donors (Lipinski definition) is 1. The molecule has 3 heteroatoms. The van der Waals surface area contributed by atoms with E-state index in [-0.39, 0.29) is 11.9 Å². The largest absolute Gasteiger partial charge is 0.481 e. The van der Waals surface area contributed by atoms with Crippen LogP contribution in [0, 0.1) is 34.6 Å². The van der Waals surface area contributed by atoms with Gasteiger partial charge in [0.25, 0.3) is 5.91 Å². The predicted octanol–water partition coefficient (Wildman–Crippen LogP) is 4.87. The minimum absolute atomic E-state index is 0.0584. The average Bonchev–Trinajstić information content (AvgIpc) is 2.53. The van der Waals surface area contributed by atoms with Crippen molar-refractivity contribution in [3.05, 3.63) is 63.7 Å². The number of nitrogens with one attached hydrogen (secondary N) is 1. The standard InChI is InChI=1S/C22H29NO2/c1-13-8-9-21(17(5)10-13)25-19(7)22(24)23-18(6)20-12-15(3)14(2)11-16(20)4/h8-12,18-19H,1-7H3,(H,23,24)/t18-,19-/m0/s1. The summed E-state index contributed by atoms with van der Waals surface area (Å²) >= 11 is 0. The third kappa shape index (κ3) is 4.62. The van der Waals surface area contributed by atoms with E-state index in [0.29, 0.717) is 0 Å². The van der Waals surface area contributed by atoms with Crippen LogP contribution in [-0.4, -0.2) is 12.0 Å². The van der Waals surface area contributed by atoms with Crippen LogP contribution in [0.25, 0.3) is 0 Å². The molecule has 0 bridgehead atoms. The van der Waals surface area contributed by atoms with Crippen LogP contribution in [-0.2, 0) is 4.79 Å². The second kappa shape index (κ2) is 7.73. The highest BCUT2D eigenvalue weighted by atomic mass is 16.5. The maximum absolute atomic E-state index is 12.5. The summed E-state index contributed by atoms with van der Waals surface area (Å²) in [5.41, 5.74) is 7.07. The Labute approximate surface area is 151 Å². The normalized spacial score (nSPS) is 13.2. The van der Waals surface area contributed by atoms with Gasteiger partial charge in [-0.05, 0) is 82.3 Å². The summed E-state index contributed by atoms with van der Waals surface area (Å²) in [6.07, 6.45) is -0.546.